The van der Waals surface area contributed by atoms with Crippen LogP contribution in [0.4, 0.5) is 0 Å². The van der Waals surface area contributed by atoms with Gasteiger partial charge in [0.25, 0.3) is 0 Å². The summed E-state index contributed by atoms with van der Waals surface area (Å²) < 4.78 is 0. The molecule has 5 nitrogen and oxygen atoms in total. The lowest BCUT2D eigenvalue weighted by molar-refractivity contribution is -0.127. The predicted molar refractivity (Wildman–Crippen MR) is 97.8 cm³/mol. The molecule has 3 unspecified atom stereocenters. The van der Waals surface area contributed by atoms with Gasteiger partial charge in [-0.1, -0.05) is 25.5 Å². The normalized spacial score (nSPS) is 20.5. The molecule has 1 aromatic rings. The first-order valence-corrected chi connectivity index (χ1v) is 9.24. The van der Waals surface area contributed by atoms with Crippen LogP contribution in [0.25, 0.3) is 0 Å². The highest BCUT2D eigenvalue weighted by Crippen LogP contribution is 2.21. The van der Waals surface area contributed by atoms with Crippen molar-refractivity contribution in [1.29, 1.82) is 5.26 Å². The number of hydrogen-bond donors (Lipinski definition) is 2. The molecule has 0 aromatic heterocycles. The van der Waals surface area contributed by atoms with Crippen LogP contribution in [-0.2, 0) is 4.79 Å². The number of amides is 1. The number of β-amino-alcohol motifs (C(OH)–C–C–N with tert-alkyl or cyclic N) is 1. The standard InChI is InChI=1S/C20H29N3O2/c1-3-5-15(2)22-20(25)18-6-4-11-23(13-18)14-19(24)17-9-7-16(12-21)8-10-17/h7-10,15,18-19,24H,3-6,11,13-14H2,1-2H3,(H,22,25). The van der Waals surface area contributed by atoms with Gasteiger partial charge in [-0.05, 0) is 50.4 Å². The van der Waals surface area contributed by atoms with Gasteiger partial charge in [0.1, 0.15) is 0 Å². The van der Waals surface area contributed by atoms with Crippen LogP contribution in [0.1, 0.15) is 56.8 Å². The van der Waals surface area contributed by atoms with Crippen molar-refractivity contribution in [3.05, 3.63) is 35.4 Å². The summed E-state index contributed by atoms with van der Waals surface area (Å²) in [4.78, 5) is 14.6. The van der Waals surface area contributed by atoms with Gasteiger partial charge in [-0.25, -0.2) is 0 Å². The van der Waals surface area contributed by atoms with Crippen LogP contribution >= 0.6 is 0 Å². The average Bonchev–Trinajstić information content (AvgIpc) is 2.62. The summed E-state index contributed by atoms with van der Waals surface area (Å²) in [5.41, 5.74) is 1.40. The highest BCUT2D eigenvalue weighted by Gasteiger charge is 2.27. The maximum atomic E-state index is 12.4. The molecule has 25 heavy (non-hydrogen) atoms. The minimum atomic E-state index is -0.603. The third kappa shape index (κ3) is 5.84. The second-order valence-electron chi connectivity index (χ2n) is 7.05. The number of nitrogens with one attached hydrogen (secondary N) is 1. The van der Waals surface area contributed by atoms with Gasteiger partial charge in [0.15, 0.2) is 0 Å². The van der Waals surface area contributed by atoms with E-state index in [4.69, 9.17) is 5.26 Å². The molecule has 136 valence electrons. The van der Waals surface area contributed by atoms with Gasteiger partial charge < -0.3 is 10.4 Å². The SMILES string of the molecule is CCCC(C)NC(=O)C1CCCN(CC(O)c2ccc(C#N)cc2)C1. The first-order valence-electron chi connectivity index (χ1n) is 9.24. The number of nitrogens with zero attached hydrogens (tertiary/aromatic N) is 2. The minimum absolute atomic E-state index is 0.00113. The molecular formula is C20H29N3O2. The van der Waals surface area contributed by atoms with Crippen LogP contribution in [0, 0.1) is 17.2 Å². The van der Waals surface area contributed by atoms with E-state index in [-0.39, 0.29) is 17.9 Å². The van der Waals surface area contributed by atoms with Gasteiger partial charge in [0.05, 0.1) is 23.7 Å². The monoisotopic (exact) mass is 343 g/mol. The fraction of sp³-hybridized carbons (Fsp3) is 0.600. The number of aliphatic hydroxyl groups excluding tert-OH is 1. The maximum absolute atomic E-state index is 12.4. The minimum Gasteiger partial charge on any atom is -0.387 e. The lowest BCUT2D eigenvalue weighted by atomic mass is 9.95. The smallest absolute Gasteiger partial charge is 0.224 e. The van der Waals surface area contributed by atoms with Crippen LogP contribution < -0.4 is 5.32 Å². The van der Waals surface area contributed by atoms with Crippen molar-refractivity contribution >= 4 is 5.91 Å². The molecular weight excluding hydrogens is 314 g/mol. The van der Waals surface area contributed by atoms with Crippen molar-refractivity contribution < 1.29 is 9.90 Å². The number of carbonyl (C=O) groups is 1. The van der Waals surface area contributed by atoms with E-state index in [9.17, 15) is 9.90 Å². The van der Waals surface area contributed by atoms with E-state index in [1.165, 1.54) is 0 Å². The number of aliphatic hydroxyl groups is 1. The Labute approximate surface area is 150 Å². The van der Waals surface area contributed by atoms with Crippen molar-refractivity contribution in [1.82, 2.24) is 10.2 Å². The molecule has 1 aliphatic rings. The summed E-state index contributed by atoms with van der Waals surface area (Å²) in [6, 6.07) is 9.34. The number of likely N-dealkylation sites (tertiary alicyclic amines) is 1. The summed E-state index contributed by atoms with van der Waals surface area (Å²) in [6.07, 6.45) is 3.34. The topological polar surface area (TPSA) is 76.4 Å². The number of nitriles is 1. The maximum Gasteiger partial charge on any atom is 0.224 e. The van der Waals surface area contributed by atoms with Crippen LogP contribution in [0.2, 0.25) is 0 Å². The van der Waals surface area contributed by atoms with Gasteiger partial charge in [-0.2, -0.15) is 5.26 Å². The van der Waals surface area contributed by atoms with E-state index < -0.39 is 6.10 Å². The lowest BCUT2D eigenvalue weighted by Gasteiger charge is -2.33. The molecule has 2 N–H and O–H groups in total. The van der Waals surface area contributed by atoms with Gasteiger partial charge in [0.2, 0.25) is 5.91 Å². The zero-order chi connectivity index (χ0) is 18.2. The second kappa shape index (κ2) is 9.55. The Balaban J connectivity index is 1.87. The second-order valence-corrected chi connectivity index (χ2v) is 7.05. The Bertz CT molecular complexity index is 594. The van der Waals surface area contributed by atoms with Crippen LogP contribution in [-0.4, -0.2) is 41.6 Å². The number of benzene rings is 1. The molecule has 1 aromatic carbocycles. The summed E-state index contributed by atoms with van der Waals surface area (Å²) in [5.74, 6) is 0.139. The zero-order valence-electron chi connectivity index (χ0n) is 15.2. The van der Waals surface area contributed by atoms with Crippen molar-refractivity contribution in [3.8, 4) is 6.07 Å². The quantitative estimate of drug-likeness (QED) is 0.798. The van der Waals surface area contributed by atoms with Gasteiger partial charge in [-0.3, -0.25) is 9.69 Å². The Morgan fingerprint density at radius 2 is 2.16 bits per heavy atom. The largest absolute Gasteiger partial charge is 0.387 e. The first-order chi connectivity index (χ1) is 12.0. The molecule has 0 aliphatic carbocycles. The molecule has 1 heterocycles. The molecule has 2 rings (SSSR count). The van der Waals surface area contributed by atoms with E-state index in [0.29, 0.717) is 18.7 Å². The summed E-state index contributed by atoms with van der Waals surface area (Å²) in [7, 11) is 0. The molecule has 5 heteroatoms. The van der Waals surface area contributed by atoms with Crippen LogP contribution in [0.5, 0.6) is 0 Å². The number of piperidine rings is 1. The zero-order valence-corrected chi connectivity index (χ0v) is 15.2. The molecule has 1 fully saturated rings. The third-order valence-electron chi connectivity index (χ3n) is 4.84. The fourth-order valence-electron chi connectivity index (χ4n) is 3.43. The predicted octanol–water partition coefficient (Wildman–Crippen LogP) is 2.61. The van der Waals surface area contributed by atoms with Gasteiger partial charge in [-0.15, -0.1) is 0 Å². The molecule has 1 aliphatic heterocycles. The summed E-state index contributed by atoms with van der Waals surface area (Å²) >= 11 is 0. The van der Waals surface area contributed by atoms with E-state index in [0.717, 1.165) is 37.8 Å². The number of carbonyl (C=O) groups excluding carboxylic acids is 1. The fourth-order valence-corrected chi connectivity index (χ4v) is 3.43. The van der Waals surface area contributed by atoms with Gasteiger partial charge in [0, 0.05) is 19.1 Å². The van der Waals surface area contributed by atoms with Crippen molar-refractivity contribution in [2.75, 3.05) is 19.6 Å². The Morgan fingerprint density at radius 3 is 2.80 bits per heavy atom. The van der Waals surface area contributed by atoms with E-state index in [2.05, 4.69) is 30.1 Å². The first kappa shape index (κ1) is 19.4. The highest BCUT2D eigenvalue weighted by molar-refractivity contribution is 5.79. The molecule has 0 radical (unpaired) electrons. The summed E-state index contributed by atoms with van der Waals surface area (Å²) in [6.45, 7) is 6.28. The third-order valence-corrected chi connectivity index (χ3v) is 4.84. The van der Waals surface area contributed by atoms with E-state index >= 15 is 0 Å². The van der Waals surface area contributed by atoms with Gasteiger partial charge >= 0.3 is 0 Å². The van der Waals surface area contributed by atoms with Crippen LogP contribution in [0.3, 0.4) is 0 Å². The number of rotatable bonds is 7. The molecule has 0 saturated carbocycles. The van der Waals surface area contributed by atoms with Crippen molar-refractivity contribution in [2.45, 2.75) is 51.7 Å². The Kier molecular flexibility index (Phi) is 7.42. The number of hydrogen-bond acceptors (Lipinski definition) is 4. The highest BCUT2D eigenvalue weighted by atomic mass is 16.3. The van der Waals surface area contributed by atoms with Crippen molar-refractivity contribution in [2.24, 2.45) is 5.92 Å². The molecule has 0 spiro atoms. The Hall–Kier alpha value is -1.90. The van der Waals surface area contributed by atoms with Crippen molar-refractivity contribution in [3.63, 3.8) is 0 Å². The van der Waals surface area contributed by atoms with E-state index in [1.54, 1.807) is 24.3 Å². The average molecular weight is 343 g/mol. The summed E-state index contributed by atoms with van der Waals surface area (Å²) in [5, 5.41) is 22.4. The lowest BCUT2D eigenvalue weighted by Crippen LogP contribution is -2.46. The van der Waals surface area contributed by atoms with E-state index in [1.807, 2.05) is 0 Å². The molecule has 1 amide bonds. The Morgan fingerprint density at radius 1 is 1.44 bits per heavy atom. The molecule has 1 saturated heterocycles. The molecule has 3 atom stereocenters. The molecule has 0 bridgehead atoms. The van der Waals surface area contributed by atoms with Crippen LogP contribution in [0.15, 0.2) is 24.3 Å².